The van der Waals surface area contributed by atoms with Gasteiger partial charge in [-0.25, -0.2) is 4.99 Å². The Hall–Kier alpha value is -4.16. The number of carbonyl (C=O) groups is 1. The Kier molecular flexibility index (Phi) is 7.89. The molecule has 1 atom stereocenters. The summed E-state index contributed by atoms with van der Waals surface area (Å²) in [6.07, 6.45) is 1.79. The standard InChI is InChI=1S/C28H28N4O4S/c1-5-31(6-2)27(34)24-18(3)30-28-32(25(24)21-9-7-8-10-22(21)35-4)26(33)23(37-28)17-19-11-13-20(14-12-19)36-16-15-29/h7-14,17,25H,5-6,16H2,1-4H3/b23-17+/t25-/m1/s1. The lowest BCUT2D eigenvalue weighted by atomic mass is 9.94. The Labute approximate surface area is 219 Å². The van der Waals surface area contributed by atoms with Gasteiger partial charge in [-0.2, -0.15) is 5.26 Å². The molecule has 2 aromatic carbocycles. The van der Waals surface area contributed by atoms with E-state index in [4.69, 9.17) is 19.7 Å². The number of thiazole rings is 1. The Morgan fingerprint density at radius 1 is 1.19 bits per heavy atom. The molecule has 9 heteroatoms. The van der Waals surface area contributed by atoms with Crippen molar-refractivity contribution in [1.29, 1.82) is 5.26 Å². The van der Waals surface area contributed by atoms with Crippen LogP contribution in [0.25, 0.3) is 6.08 Å². The van der Waals surface area contributed by atoms with Gasteiger partial charge < -0.3 is 14.4 Å². The SMILES string of the molecule is CCN(CC)C(=O)C1=C(C)N=c2s/c(=C/c3ccc(OCC#N)cc3)c(=O)n2[C@@H]1c1ccccc1OC. The van der Waals surface area contributed by atoms with Crippen LogP contribution in [0.15, 0.2) is 69.6 Å². The van der Waals surface area contributed by atoms with Crippen molar-refractivity contribution in [2.24, 2.45) is 4.99 Å². The average molecular weight is 517 g/mol. The predicted octanol–water partition coefficient (Wildman–Crippen LogP) is 3.01. The summed E-state index contributed by atoms with van der Waals surface area (Å²) in [5, 5.41) is 8.69. The summed E-state index contributed by atoms with van der Waals surface area (Å²) in [4.78, 5) is 34.5. The van der Waals surface area contributed by atoms with E-state index in [0.29, 0.717) is 45.2 Å². The lowest BCUT2D eigenvalue weighted by Gasteiger charge is -2.29. The van der Waals surface area contributed by atoms with Gasteiger partial charge in [0, 0.05) is 18.7 Å². The van der Waals surface area contributed by atoms with Crippen molar-refractivity contribution >= 4 is 23.3 Å². The minimum absolute atomic E-state index is 0.0329. The van der Waals surface area contributed by atoms with Gasteiger partial charge in [0.05, 0.1) is 22.9 Å². The second-order valence-corrected chi connectivity index (χ2v) is 9.33. The number of likely N-dealkylation sites (N-methyl/N-ethyl adjacent to an activating group) is 1. The van der Waals surface area contributed by atoms with E-state index < -0.39 is 6.04 Å². The van der Waals surface area contributed by atoms with Crippen molar-refractivity contribution in [3.8, 4) is 17.6 Å². The second-order valence-electron chi connectivity index (χ2n) is 8.32. The van der Waals surface area contributed by atoms with Crippen molar-refractivity contribution in [2.45, 2.75) is 26.8 Å². The van der Waals surface area contributed by atoms with E-state index in [1.165, 1.54) is 11.3 Å². The largest absolute Gasteiger partial charge is 0.496 e. The van der Waals surface area contributed by atoms with Gasteiger partial charge in [0.2, 0.25) is 0 Å². The summed E-state index contributed by atoms with van der Waals surface area (Å²) in [5.74, 6) is 1.02. The number of hydrogen-bond acceptors (Lipinski definition) is 7. The van der Waals surface area contributed by atoms with Crippen molar-refractivity contribution in [2.75, 3.05) is 26.8 Å². The number of aromatic nitrogens is 1. The smallest absolute Gasteiger partial charge is 0.271 e. The molecule has 0 saturated carbocycles. The third-order valence-electron chi connectivity index (χ3n) is 6.22. The summed E-state index contributed by atoms with van der Waals surface area (Å²) in [6.45, 7) is 6.74. The lowest BCUT2D eigenvalue weighted by Crippen LogP contribution is -2.43. The van der Waals surface area contributed by atoms with Crippen LogP contribution in [-0.4, -0.2) is 42.2 Å². The zero-order valence-electron chi connectivity index (χ0n) is 21.2. The highest BCUT2D eigenvalue weighted by atomic mass is 32.1. The lowest BCUT2D eigenvalue weighted by molar-refractivity contribution is -0.127. The molecule has 1 amide bonds. The molecule has 8 nitrogen and oxygen atoms in total. The van der Waals surface area contributed by atoms with E-state index in [1.807, 2.05) is 63.2 Å². The van der Waals surface area contributed by atoms with Crippen LogP contribution in [0.1, 0.15) is 37.9 Å². The Morgan fingerprint density at radius 2 is 1.89 bits per heavy atom. The maximum Gasteiger partial charge on any atom is 0.271 e. The summed E-state index contributed by atoms with van der Waals surface area (Å²) in [7, 11) is 1.58. The Morgan fingerprint density at radius 3 is 2.54 bits per heavy atom. The van der Waals surface area contributed by atoms with E-state index in [2.05, 4.69) is 0 Å². The van der Waals surface area contributed by atoms with Crippen molar-refractivity contribution < 1.29 is 14.3 Å². The minimum atomic E-state index is -0.676. The number of para-hydroxylation sites is 1. The molecule has 0 radical (unpaired) electrons. The van der Waals surface area contributed by atoms with E-state index in [1.54, 1.807) is 34.8 Å². The van der Waals surface area contributed by atoms with Crippen molar-refractivity contribution in [1.82, 2.24) is 9.47 Å². The van der Waals surface area contributed by atoms with E-state index >= 15 is 0 Å². The van der Waals surface area contributed by atoms with Gasteiger partial charge in [0.15, 0.2) is 11.4 Å². The number of ether oxygens (including phenoxy) is 2. The molecule has 190 valence electrons. The maximum atomic E-state index is 13.8. The fourth-order valence-electron chi connectivity index (χ4n) is 4.39. The highest BCUT2D eigenvalue weighted by Crippen LogP contribution is 2.36. The predicted molar refractivity (Wildman–Crippen MR) is 142 cm³/mol. The molecule has 37 heavy (non-hydrogen) atoms. The molecule has 4 rings (SSSR count). The number of fused-ring (bicyclic) bond motifs is 1. The van der Waals surface area contributed by atoms with E-state index in [0.717, 1.165) is 11.1 Å². The summed E-state index contributed by atoms with van der Waals surface area (Å²) < 4.78 is 13.0. The number of allylic oxidation sites excluding steroid dienone is 1. The van der Waals surface area contributed by atoms with E-state index in [9.17, 15) is 9.59 Å². The molecule has 0 spiro atoms. The first-order chi connectivity index (χ1) is 17.9. The van der Waals surface area contributed by atoms with Crippen molar-refractivity contribution in [3.63, 3.8) is 0 Å². The van der Waals surface area contributed by atoms with Gasteiger partial charge in [-0.1, -0.05) is 41.7 Å². The van der Waals surface area contributed by atoms with Crippen LogP contribution < -0.4 is 24.4 Å². The van der Waals surface area contributed by atoms with Gasteiger partial charge in [-0.05, 0) is 50.6 Å². The normalized spacial score (nSPS) is 15.0. The topological polar surface area (TPSA) is 96.9 Å². The number of hydrogen-bond donors (Lipinski definition) is 0. The molecule has 0 saturated heterocycles. The summed E-state index contributed by atoms with van der Waals surface area (Å²) in [6, 6.07) is 15.9. The molecule has 1 aliphatic rings. The molecular formula is C28H28N4O4S. The minimum Gasteiger partial charge on any atom is -0.496 e. The first-order valence-corrected chi connectivity index (χ1v) is 12.8. The van der Waals surface area contributed by atoms with Crippen LogP contribution in [0.2, 0.25) is 0 Å². The van der Waals surface area contributed by atoms with Crippen LogP contribution in [0.5, 0.6) is 11.5 Å². The molecule has 0 unspecified atom stereocenters. The van der Waals surface area contributed by atoms with Gasteiger partial charge >= 0.3 is 0 Å². The molecule has 3 aromatic rings. The average Bonchev–Trinajstić information content (AvgIpc) is 3.22. The van der Waals surface area contributed by atoms with Gasteiger partial charge in [-0.3, -0.25) is 14.2 Å². The molecule has 0 aliphatic carbocycles. The highest BCUT2D eigenvalue weighted by Gasteiger charge is 2.35. The molecular weight excluding hydrogens is 488 g/mol. The molecule has 0 N–H and O–H groups in total. The fraction of sp³-hybridized carbons (Fsp3) is 0.286. The number of nitrogens with zero attached hydrogens (tertiary/aromatic N) is 4. The first-order valence-electron chi connectivity index (χ1n) is 12.0. The second kappa shape index (κ2) is 11.3. The number of benzene rings is 2. The molecule has 2 heterocycles. The number of rotatable bonds is 8. The monoisotopic (exact) mass is 516 g/mol. The summed E-state index contributed by atoms with van der Waals surface area (Å²) >= 11 is 1.28. The number of methoxy groups -OCH3 is 1. The molecule has 1 aromatic heterocycles. The number of amides is 1. The third-order valence-corrected chi connectivity index (χ3v) is 7.20. The molecule has 0 fully saturated rings. The van der Waals surface area contributed by atoms with Crippen LogP contribution in [-0.2, 0) is 4.79 Å². The molecule has 0 bridgehead atoms. The Bertz CT molecular complexity index is 1560. The van der Waals surface area contributed by atoms with Gasteiger partial charge in [0.25, 0.3) is 11.5 Å². The fourth-order valence-corrected chi connectivity index (χ4v) is 5.44. The maximum absolute atomic E-state index is 13.8. The zero-order chi connectivity index (χ0) is 26.5. The summed E-state index contributed by atoms with van der Waals surface area (Å²) in [5.41, 5.74) is 2.34. The van der Waals surface area contributed by atoms with Gasteiger partial charge in [-0.15, -0.1) is 0 Å². The quantitative estimate of drug-likeness (QED) is 0.459. The first kappa shape index (κ1) is 25.9. The van der Waals surface area contributed by atoms with Crippen molar-refractivity contribution in [3.05, 3.63) is 90.6 Å². The number of carbonyl (C=O) groups excluding carboxylic acids is 1. The van der Waals surface area contributed by atoms with E-state index in [-0.39, 0.29) is 18.1 Å². The number of nitriles is 1. The van der Waals surface area contributed by atoms with Gasteiger partial charge in [0.1, 0.15) is 23.6 Å². The van der Waals surface area contributed by atoms with Crippen LogP contribution in [0, 0.1) is 11.3 Å². The Balaban J connectivity index is 1.90. The van der Waals surface area contributed by atoms with Crippen LogP contribution in [0.4, 0.5) is 0 Å². The van der Waals surface area contributed by atoms with Crippen LogP contribution >= 0.6 is 11.3 Å². The zero-order valence-corrected chi connectivity index (χ0v) is 22.0. The van der Waals surface area contributed by atoms with Crippen LogP contribution in [0.3, 0.4) is 0 Å². The molecule has 1 aliphatic heterocycles. The third kappa shape index (κ3) is 5.06. The highest BCUT2D eigenvalue weighted by molar-refractivity contribution is 7.07.